The van der Waals surface area contributed by atoms with E-state index in [9.17, 15) is 13.2 Å². The third-order valence-electron chi connectivity index (χ3n) is 4.47. The maximum Gasteiger partial charge on any atom is 0.258 e. The van der Waals surface area contributed by atoms with E-state index in [0.717, 1.165) is 11.1 Å². The van der Waals surface area contributed by atoms with Crippen LogP contribution in [0.1, 0.15) is 31.0 Å². The molecule has 3 rings (SSSR count). The molecule has 31 heavy (non-hydrogen) atoms. The van der Waals surface area contributed by atoms with Crippen LogP contribution in [-0.4, -0.2) is 27.0 Å². The van der Waals surface area contributed by atoms with E-state index >= 15 is 0 Å². The van der Waals surface area contributed by atoms with Crippen LogP contribution in [0.25, 0.3) is 0 Å². The number of sulfonamides is 1. The van der Waals surface area contributed by atoms with Crippen molar-refractivity contribution >= 4 is 15.9 Å². The number of amides is 1. The van der Waals surface area contributed by atoms with Gasteiger partial charge in [-0.3, -0.25) is 4.79 Å². The van der Waals surface area contributed by atoms with Gasteiger partial charge in [-0.05, 0) is 49.2 Å². The first-order valence-corrected chi connectivity index (χ1v) is 11.5. The predicted molar refractivity (Wildman–Crippen MR) is 120 cm³/mol. The molecular weight excluding hydrogens is 412 g/mol. The Balaban J connectivity index is 1.64. The van der Waals surface area contributed by atoms with Gasteiger partial charge in [-0.1, -0.05) is 60.7 Å². The Morgan fingerprint density at radius 1 is 0.839 bits per heavy atom. The molecule has 0 bridgehead atoms. The molecule has 1 amide bonds. The van der Waals surface area contributed by atoms with E-state index in [1.54, 1.807) is 13.8 Å². The Hall–Kier alpha value is -3.16. The van der Waals surface area contributed by atoms with Crippen LogP contribution >= 0.6 is 0 Å². The van der Waals surface area contributed by atoms with Gasteiger partial charge in [0.05, 0.1) is 10.9 Å². The van der Waals surface area contributed by atoms with Gasteiger partial charge in [0.25, 0.3) is 5.91 Å². The maximum absolute atomic E-state index is 12.6. The Morgan fingerprint density at radius 3 is 1.84 bits per heavy atom. The topological polar surface area (TPSA) is 84.5 Å². The van der Waals surface area contributed by atoms with Gasteiger partial charge in [0, 0.05) is 6.04 Å². The number of hydrogen-bond acceptors (Lipinski definition) is 4. The van der Waals surface area contributed by atoms with Crippen molar-refractivity contribution in [1.82, 2.24) is 10.0 Å². The van der Waals surface area contributed by atoms with E-state index in [1.807, 2.05) is 60.7 Å². The van der Waals surface area contributed by atoms with Gasteiger partial charge in [0.15, 0.2) is 6.61 Å². The average Bonchev–Trinajstić information content (AvgIpc) is 2.77. The molecule has 6 nitrogen and oxygen atoms in total. The summed E-state index contributed by atoms with van der Waals surface area (Å²) < 4.78 is 32.5. The van der Waals surface area contributed by atoms with Crippen molar-refractivity contribution in [3.05, 3.63) is 96.1 Å². The fraction of sp³-hybridized carbons (Fsp3) is 0.208. The summed E-state index contributed by atoms with van der Waals surface area (Å²) >= 11 is 0. The van der Waals surface area contributed by atoms with Crippen molar-refractivity contribution in [2.24, 2.45) is 0 Å². The van der Waals surface area contributed by atoms with Crippen molar-refractivity contribution in [2.75, 3.05) is 6.61 Å². The zero-order valence-corrected chi connectivity index (χ0v) is 18.3. The molecule has 3 aromatic rings. The quantitative estimate of drug-likeness (QED) is 0.534. The highest BCUT2D eigenvalue weighted by Gasteiger charge is 2.18. The normalized spacial score (nSPS) is 11.5. The van der Waals surface area contributed by atoms with E-state index < -0.39 is 10.0 Å². The summed E-state index contributed by atoms with van der Waals surface area (Å²) in [6, 6.07) is 24.9. The number of ether oxygens (including phenoxy) is 1. The van der Waals surface area contributed by atoms with Crippen molar-refractivity contribution in [3.8, 4) is 5.75 Å². The van der Waals surface area contributed by atoms with Gasteiger partial charge in [-0.2, -0.15) is 0 Å². The van der Waals surface area contributed by atoms with Crippen molar-refractivity contribution < 1.29 is 17.9 Å². The first-order chi connectivity index (χ1) is 14.8. The van der Waals surface area contributed by atoms with Crippen LogP contribution < -0.4 is 14.8 Å². The molecule has 0 unspecified atom stereocenters. The van der Waals surface area contributed by atoms with E-state index in [-0.39, 0.29) is 29.5 Å². The van der Waals surface area contributed by atoms with Gasteiger partial charge < -0.3 is 10.1 Å². The number of benzene rings is 3. The summed E-state index contributed by atoms with van der Waals surface area (Å²) in [5.41, 5.74) is 1.93. The van der Waals surface area contributed by atoms with Gasteiger partial charge in [-0.15, -0.1) is 0 Å². The zero-order chi connectivity index (χ0) is 22.3. The van der Waals surface area contributed by atoms with Crippen LogP contribution in [0.5, 0.6) is 5.75 Å². The first kappa shape index (κ1) is 22.5. The molecule has 0 aromatic heterocycles. The summed E-state index contributed by atoms with van der Waals surface area (Å²) in [7, 11) is -3.57. The van der Waals surface area contributed by atoms with Gasteiger partial charge in [0.1, 0.15) is 5.75 Å². The minimum Gasteiger partial charge on any atom is -0.484 e. The summed E-state index contributed by atoms with van der Waals surface area (Å²) in [5, 5.41) is 3.01. The van der Waals surface area contributed by atoms with Crippen LogP contribution in [0.2, 0.25) is 0 Å². The van der Waals surface area contributed by atoms with E-state index in [0.29, 0.717) is 5.75 Å². The second-order valence-corrected chi connectivity index (χ2v) is 9.07. The predicted octanol–water partition coefficient (Wildman–Crippen LogP) is 3.66. The molecular formula is C24H26N2O4S. The molecule has 0 aliphatic rings. The summed E-state index contributed by atoms with van der Waals surface area (Å²) in [4.78, 5) is 12.7. The van der Waals surface area contributed by atoms with Gasteiger partial charge in [-0.25, -0.2) is 13.1 Å². The molecule has 0 spiro atoms. The highest BCUT2D eigenvalue weighted by Crippen LogP contribution is 2.22. The molecule has 7 heteroatoms. The van der Waals surface area contributed by atoms with Crippen LogP contribution in [0.3, 0.4) is 0 Å². The first-order valence-electron chi connectivity index (χ1n) is 9.99. The standard InChI is InChI=1S/C24H26N2O4S/c1-18(2)26-31(28,29)22-15-13-21(14-16-22)30-17-23(27)25-24(19-9-5-3-6-10-19)20-11-7-4-8-12-20/h3-16,18,24,26H,17H2,1-2H3,(H,25,27). The SMILES string of the molecule is CC(C)NS(=O)(=O)c1ccc(OCC(=O)NC(c2ccccc2)c2ccccc2)cc1. The number of carbonyl (C=O) groups excluding carboxylic acids is 1. The lowest BCUT2D eigenvalue weighted by Gasteiger charge is -2.20. The largest absolute Gasteiger partial charge is 0.484 e. The molecule has 0 fully saturated rings. The smallest absolute Gasteiger partial charge is 0.258 e. The van der Waals surface area contributed by atoms with Crippen LogP contribution in [0, 0.1) is 0 Å². The Labute approximate surface area is 183 Å². The molecule has 0 radical (unpaired) electrons. The lowest BCUT2D eigenvalue weighted by atomic mass is 9.99. The van der Waals surface area contributed by atoms with E-state index in [1.165, 1.54) is 24.3 Å². The Bertz CT molecular complexity index is 1040. The zero-order valence-electron chi connectivity index (χ0n) is 17.5. The third-order valence-corrected chi connectivity index (χ3v) is 6.14. The number of carbonyl (C=O) groups is 1. The van der Waals surface area contributed by atoms with E-state index in [2.05, 4.69) is 10.0 Å². The molecule has 0 saturated carbocycles. The van der Waals surface area contributed by atoms with Crippen LogP contribution in [-0.2, 0) is 14.8 Å². The highest BCUT2D eigenvalue weighted by atomic mass is 32.2. The fourth-order valence-electron chi connectivity index (χ4n) is 3.09. The van der Waals surface area contributed by atoms with Crippen molar-refractivity contribution in [3.63, 3.8) is 0 Å². The van der Waals surface area contributed by atoms with E-state index in [4.69, 9.17) is 4.74 Å². The van der Waals surface area contributed by atoms with Crippen LogP contribution in [0.15, 0.2) is 89.8 Å². The van der Waals surface area contributed by atoms with Gasteiger partial charge >= 0.3 is 0 Å². The highest BCUT2D eigenvalue weighted by molar-refractivity contribution is 7.89. The number of nitrogens with one attached hydrogen (secondary N) is 2. The summed E-state index contributed by atoms with van der Waals surface area (Å²) in [6.45, 7) is 3.32. The lowest BCUT2D eigenvalue weighted by Crippen LogP contribution is -2.33. The molecule has 0 saturated heterocycles. The minimum absolute atomic E-state index is 0.145. The number of hydrogen-bond donors (Lipinski definition) is 2. The maximum atomic E-state index is 12.6. The summed E-state index contributed by atoms with van der Waals surface area (Å²) in [5.74, 6) is 0.130. The molecule has 0 heterocycles. The molecule has 0 aliphatic heterocycles. The third kappa shape index (κ3) is 6.41. The van der Waals surface area contributed by atoms with Crippen LogP contribution in [0.4, 0.5) is 0 Å². The van der Waals surface area contributed by atoms with Gasteiger partial charge in [0.2, 0.25) is 10.0 Å². The molecule has 2 N–H and O–H groups in total. The Morgan fingerprint density at radius 2 is 1.35 bits per heavy atom. The monoisotopic (exact) mass is 438 g/mol. The molecule has 0 aliphatic carbocycles. The second kappa shape index (κ2) is 10.2. The van der Waals surface area contributed by atoms with Crippen molar-refractivity contribution in [2.45, 2.75) is 30.8 Å². The Kier molecular flexibility index (Phi) is 7.44. The number of rotatable bonds is 9. The fourth-order valence-corrected chi connectivity index (χ4v) is 4.35. The lowest BCUT2D eigenvalue weighted by molar-refractivity contribution is -0.123. The molecule has 0 atom stereocenters. The second-order valence-electron chi connectivity index (χ2n) is 7.36. The molecule has 162 valence electrons. The minimum atomic E-state index is -3.57. The molecule has 3 aromatic carbocycles. The average molecular weight is 439 g/mol. The summed E-state index contributed by atoms with van der Waals surface area (Å²) in [6.07, 6.45) is 0. The van der Waals surface area contributed by atoms with Crippen molar-refractivity contribution in [1.29, 1.82) is 0 Å².